The van der Waals surface area contributed by atoms with E-state index in [-0.39, 0.29) is 0 Å². The molecule has 0 aromatic heterocycles. The van der Waals surface area contributed by atoms with Gasteiger partial charge in [-0.1, -0.05) is 123 Å². The normalized spacial score (nSPS) is 25.9. The molecule has 3 aliphatic carbocycles. The Labute approximate surface area is 190 Å². The molecule has 0 aliphatic heterocycles. The van der Waals surface area contributed by atoms with E-state index in [0.29, 0.717) is 22.4 Å². The predicted molar refractivity (Wildman–Crippen MR) is 139 cm³/mol. The molecule has 162 valence electrons. The summed E-state index contributed by atoms with van der Waals surface area (Å²) in [5.41, 5.74) is 10.7. The van der Waals surface area contributed by atoms with Crippen molar-refractivity contribution in [2.75, 3.05) is 0 Å². The summed E-state index contributed by atoms with van der Waals surface area (Å²) in [6, 6.07) is 11.0. The Balaban J connectivity index is 1.72. The molecule has 3 atom stereocenters. The zero-order valence-electron chi connectivity index (χ0n) is 20.4. The van der Waals surface area contributed by atoms with Crippen molar-refractivity contribution in [3.63, 3.8) is 0 Å². The number of allylic oxidation sites excluding steroid dienone is 12. The van der Waals surface area contributed by atoms with Crippen molar-refractivity contribution >= 4 is 8.07 Å². The van der Waals surface area contributed by atoms with Crippen LogP contribution in [0.25, 0.3) is 0 Å². The van der Waals surface area contributed by atoms with Gasteiger partial charge in [0.15, 0.2) is 0 Å². The van der Waals surface area contributed by atoms with Crippen molar-refractivity contribution in [3.05, 3.63) is 106 Å². The van der Waals surface area contributed by atoms with Gasteiger partial charge in [0.1, 0.15) is 0 Å². The molecule has 0 spiro atoms. The van der Waals surface area contributed by atoms with Crippen LogP contribution >= 0.6 is 0 Å². The number of rotatable bonds is 4. The largest absolute Gasteiger partial charge is 0.0768 e. The molecule has 31 heavy (non-hydrogen) atoms. The van der Waals surface area contributed by atoms with Crippen molar-refractivity contribution in [2.24, 2.45) is 5.41 Å². The van der Waals surface area contributed by atoms with Gasteiger partial charge in [-0.3, -0.25) is 0 Å². The van der Waals surface area contributed by atoms with Crippen LogP contribution in [0.15, 0.2) is 101 Å². The lowest BCUT2D eigenvalue weighted by Gasteiger charge is -2.38. The lowest BCUT2D eigenvalue weighted by Crippen LogP contribution is -2.38. The Morgan fingerprint density at radius 1 is 0.871 bits per heavy atom. The molecular weight excluding hydrogens is 388 g/mol. The summed E-state index contributed by atoms with van der Waals surface area (Å²) < 4.78 is 0. The molecule has 0 amide bonds. The molecule has 3 aliphatic rings. The van der Waals surface area contributed by atoms with Gasteiger partial charge in [0.2, 0.25) is 0 Å². The van der Waals surface area contributed by atoms with E-state index < -0.39 is 8.07 Å². The SMILES string of the molecule is CC1=CC(CC(C)(C)C)=CC1[Si](C)(C)C1C(C)=CC2=C1C=CC=CC2c1ccccc1. The fourth-order valence-corrected chi connectivity index (χ4v) is 10.7. The third-order valence-electron chi connectivity index (χ3n) is 7.23. The minimum absolute atomic E-state index is 0.334. The highest BCUT2D eigenvalue weighted by molar-refractivity contribution is 6.82. The minimum atomic E-state index is -1.69. The predicted octanol–water partition coefficient (Wildman–Crippen LogP) is 8.92. The Morgan fingerprint density at radius 3 is 2.26 bits per heavy atom. The van der Waals surface area contributed by atoms with Crippen LogP contribution in [0, 0.1) is 5.41 Å². The third kappa shape index (κ3) is 4.30. The summed E-state index contributed by atoms with van der Waals surface area (Å²) in [7, 11) is -1.69. The van der Waals surface area contributed by atoms with Crippen LogP contribution in [0.3, 0.4) is 0 Å². The second-order valence-corrected chi connectivity index (χ2v) is 16.4. The van der Waals surface area contributed by atoms with Crippen LogP contribution < -0.4 is 0 Å². The third-order valence-corrected chi connectivity index (χ3v) is 11.7. The van der Waals surface area contributed by atoms with E-state index in [4.69, 9.17) is 0 Å². The van der Waals surface area contributed by atoms with Crippen molar-refractivity contribution in [1.29, 1.82) is 0 Å². The first-order valence-corrected chi connectivity index (χ1v) is 14.9. The van der Waals surface area contributed by atoms with E-state index in [1.165, 1.54) is 17.6 Å². The van der Waals surface area contributed by atoms with Gasteiger partial charge in [-0.2, -0.15) is 0 Å². The maximum atomic E-state index is 2.63. The first-order valence-electron chi connectivity index (χ1n) is 11.8. The summed E-state index contributed by atoms with van der Waals surface area (Å²) in [5.74, 6) is 0.350. The van der Waals surface area contributed by atoms with Crippen molar-refractivity contribution in [3.8, 4) is 0 Å². The molecule has 0 saturated carbocycles. The van der Waals surface area contributed by atoms with Crippen molar-refractivity contribution in [1.82, 2.24) is 0 Å². The molecule has 0 fully saturated rings. The molecule has 0 radical (unpaired) electrons. The minimum Gasteiger partial charge on any atom is -0.0768 e. The van der Waals surface area contributed by atoms with Gasteiger partial charge in [0, 0.05) is 11.5 Å². The van der Waals surface area contributed by atoms with Crippen LogP contribution in [-0.2, 0) is 0 Å². The first-order chi connectivity index (χ1) is 14.6. The Hall–Kier alpha value is -2.12. The van der Waals surface area contributed by atoms with Gasteiger partial charge < -0.3 is 0 Å². The molecule has 0 saturated heterocycles. The molecule has 1 aromatic rings. The highest BCUT2D eigenvalue weighted by Crippen LogP contribution is 2.55. The second-order valence-electron chi connectivity index (χ2n) is 11.5. The van der Waals surface area contributed by atoms with Crippen LogP contribution in [0.4, 0.5) is 0 Å². The number of hydrogen-bond donors (Lipinski definition) is 0. The van der Waals surface area contributed by atoms with Crippen LogP contribution in [0.2, 0.25) is 24.2 Å². The van der Waals surface area contributed by atoms with Crippen LogP contribution in [0.1, 0.15) is 52.5 Å². The van der Waals surface area contributed by atoms with E-state index in [9.17, 15) is 0 Å². The van der Waals surface area contributed by atoms with Gasteiger partial charge in [-0.25, -0.2) is 0 Å². The van der Waals surface area contributed by atoms with Gasteiger partial charge in [0.05, 0.1) is 8.07 Å². The standard InChI is InChI=1S/C30H38Si/c1-21-17-23(20-30(3,4)5)19-28(21)31(6,7)29-22(2)18-27-25(15-11-12-16-26(27)29)24-13-9-8-10-14-24/h8-19,25,28-29H,20H2,1-7H3. The monoisotopic (exact) mass is 426 g/mol. The number of benzene rings is 1. The average molecular weight is 427 g/mol. The zero-order valence-corrected chi connectivity index (χ0v) is 21.4. The fraction of sp³-hybridized carbons (Fsp3) is 0.400. The summed E-state index contributed by atoms with van der Waals surface area (Å²) >= 11 is 0. The van der Waals surface area contributed by atoms with E-state index in [1.807, 2.05) is 0 Å². The average Bonchev–Trinajstić information content (AvgIpc) is 3.14. The Kier molecular flexibility index (Phi) is 5.77. The van der Waals surface area contributed by atoms with E-state index in [0.717, 1.165) is 0 Å². The molecule has 3 unspecified atom stereocenters. The summed E-state index contributed by atoms with van der Waals surface area (Å²) in [5, 5.41) is 0. The summed E-state index contributed by atoms with van der Waals surface area (Å²) in [4.78, 5) is 0. The highest BCUT2D eigenvalue weighted by Gasteiger charge is 2.45. The molecule has 0 bridgehead atoms. The molecule has 1 aromatic carbocycles. The molecular formula is C30H38Si. The van der Waals surface area contributed by atoms with Gasteiger partial charge in [-0.15, -0.1) is 0 Å². The Morgan fingerprint density at radius 2 is 1.58 bits per heavy atom. The molecule has 0 nitrogen and oxygen atoms in total. The quantitative estimate of drug-likeness (QED) is 0.421. The summed E-state index contributed by atoms with van der Waals surface area (Å²) in [6.45, 7) is 17.0. The lowest BCUT2D eigenvalue weighted by atomic mass is 9.88. The van der Waals surface area contributed by atoms with Crippen LogP contribution in [-0.4, -0.2) is 8.07 Å². The van der Waals surface area contributed by atoms with Crippen molar-refractivity contribution in [2.45, 2.75) is 71.1 Å². The first kappa shape index (κ1) is 22.1. The van der Waals surface area contributed by atoms with E-state index in [1.54, 1.807) is 22.3 Å². The molecule has 0 heterocycles. The van der Waals surface area contributed by atoms with E-state index in [2.05, 4.69) is 121 Å². The highest BCUT2D eigenvalue weighted by atomic mass is 28.3. The van der Waals surface area contributed by atoms with Gasteiger partial charge >= 0.3 is 0 Å². The number of hydrogen-bond acceptors (Lipinski definition) is 0. The maximum absolute atomic E-state index is 2.63. The molecule has 4 rings (SSSR count). The smallest absolute Gasteiger partial charge is 0.0714 e. The molecule has 0 N–H and O–H groups in total. The second kappa shape index (κ2) is 8.09. The maximum Gasteiger partial charge on any atom is 0.0714 e. The van der Waals surface area contributed by atoms with Crippen molar-refractivity contribution < 1.29 is 0 Å². The van der Waals surface area contributed by atoms with Gasteiger partial charge in [0.25, 0.3) is 0 Å². The van der Waals surface area contributed by atoms with Crippen LogP contribution in [0.5, 0.6) is 0 Å². The lowest BCUT2D eigenvalue weighted by molar-refractivity contribution is 0.413. The fourth-order valence-electron chi connectivity index (χ4n) is 6.14. The van der Waals surface area contributed by atoms with Gasteiger partial charge in [-0.05, 0) is 47.9 Å². The zero-order chi connectivity index (χ0) is 22.4. The topological polar surface area (TPSA) is 0 Å². The Bertz CT molecular complexity index is 1030. The summed E-state index contributed by atoms with van der Waals surface area (Å²) in [6.07, 6.45) is 18.1. The molecule has 1 heteroatoms. The van der Waals surface area contributed by atoms with E-state index >= 15 is 0 Å².